The van der Waals surface area contributed by atoms with E-state index >= 15 is 0 Å². The number of carbonyl (C=O) groups is 3. The minimum atomic E-state index is -0.946. The van der Waals surface area contributed by atoms with Crippen LogP contribution in [0.15, 0.2) is 36.4 Å². The number of anilines is 1. The second kappa shape index (κ2) is 8.84. The van der Waals surface area contributed by atoms with E-state index in [1.807, 2.05) is 17.1 Å². The van der Waals surface area contributed by atoms with Gasteiger partial charge in [-0.05, 0) is 49.9 Å². The van der Waals surface area contributed by atoms with Crippen molar-refractivity contribution in [2.24, 2.45) is 11.8 Å². The molecule has 2 aliphatic rings. The molecule has 0 saturated carbocycles. The van der Waals surface area contributed by atoms with Gasteiger partial charge in [0, 0.05) is 24.3 Å². The molecule has 1 aromatic carbocycles. The molecule has 0 aromatic heterocycles. The Balaban J connectivity index is 1.63. The van der Waals surface area contributed by atoms with Crippen LogP contribution in [0.2, 0.25) is 0 Å². The third-order valence-corrected chi connectivity index (χ3v) is 5.38. The summed E-state index contributed by atoms with van der Waals surface area (Å²) in [5.41, 5.74) is 1.19. The molecule has 0 bridgehead atoms. The molecule has 0 spiro atoms. The molecule has 1 aliphatic carbocycles. The van der Waals surface area contributed by atoms with Crippen molar-refractivity contribution in [1.82, 2.24) is 4.90 Å². The van der Waals surface area contributed by atoms with E-state index in [4.69, 9.17) is 0 Å². The second-order valence-corrected chi connectivity index (χ2v) is 7.27. The number of nitrogens with zero attached hydrogens (tertiary/aromatic N) is 1. The summed E-state index contributed by atoms with van der Waals surface area (Å²) in [6, 6.07) is 6.85. The maximum atomic E-state index is 12.6. The van der Waals surface area contributed by atoms with Crippen LogP contribution in [-0.2, 0) is 9.59 Å². The Morgan fingerprint density at radius 3 is 2.07 bits per heavy atom. The van der Waals surface area contributed by atoms with Crippen LogP contribution in [0.25, 0.3) is 0 Å². The van der Waals surface area contributed by atoms with Gasteiger partial charge in [0.05, 0.1) is 11.8 Å². The van der Waals surface area contributed by atoms with Crippen LogP contribution in [-0.4, -0.2) is 40.9 Å². The molecule has 1 saturated heterocycles. The average molecular weight is 370 g/mol. The lowest BCUT2D eigenvalue weighted by molar-refractivity contribution is -0.146. The van der Waals surface area contributed by atoms with Crippen molar-refractivity contribution in [2.75, 3.05) is 18.4 Å². The molecule has 6 heteroatoms. The largest absolute Gasteiger partial charge is 0.481 e. The van der Waals surface area contributed by atoms with E-state index in [1.54, 1.807) is 24.3 Å². The van der Waals surface area contributed by atoms with Crippen LogP contribution in [0.4, 0.5) is 5.69 Å². The number of carboxylic acid groups (broad SMARTS) is 1. The number of benzene rings is 1. The van der Waals surface area contributed by atoms with E-state index in [-0.39, 0.29) is 11.8 Å². The molecule has 1 aromatic rings. The van der Waals surface area contributed by atoms with E-state index in [0.29, 0.717) is 24.1 Å². The summed E-state index contributed by atoms with van der Waals surface area (Å²) in [5, 5.41) is 12.1. The van der Waals surface area contributed by atoms with Gasteiger partial charge in [0.1, 0.15) is 0 Å². The molecule has 27 heavy (non-hydrogen) atoms. The number of carboxylic acids is 1. The molecule has 3 rings (SSSR count). The monoisotopic (exact) mass is 370 g/mol. The topological polar surface area (TPSA) is 86.7 Å². The van der Waals surface area contributed by atoms with Gasteiger partial charge >= 0.3 is 5.97 Å². The number of likely N-dealkylation sites (tertiary alicyclic amines) is 1. The predicted molar refractivity (Wildman–Crippen MR) is 102 cm³/mol. The minimum absolute atomic E-state index is 0.0261. The summed E-state index contributed by atoms with van der Waals surface area (Å²) in [5.74, 6) is -2.49. The van der Waals surface area contributed by atoms with Crippen LogP contribution >= 0.6 is 0 Å². The van der Waals surface area contributed by atoms with Crippen molar-refractivity contribution in [3.05, 3.63) is 42.0 Å². The molecular formula is C21H26N2O4. The number of rotatable bonds is 4. The Labute approximate surface area is 159 Å². The molecule has 144 valence electrons. The van der Waals surface area contributed by atoms with Crippen molar-refractivity contribution in [2.45, 2.75) is 38.5 Å². The maximum absolute atomic E-state index is 12.6. The van der Waals surface area contributed by atoms with Crippen LogP contribution in [0.3, 0.4) is 0 Å². The number of amides is 2. The van der Waals surface area contributed by atoms with Crippen molar-refractivity contribution in [3.8, 4) is 0 Å². The lowest BCUT2D eigenvalue weighted by Crippen LogP contribution is -2.34. The number of nitrogens with one attached hydrogen (secondary N) is 1. The summed E-state index contributed by atoms with van der Waals surface area (Å²) in [6.07, 6.45) is 8.88. The standard InChI is InChI=1S/C21H26N2O4/c24-19(17-7-3-4-8-18(17)21(26)27)22-16-11-9-15(10-12-16)20(25)23-13-5-1-2-6-14-23/h3-4,9-12,17-18H,1-2,5-8,13-14H2,(H,22,24)(H,26,27)/t17-,18-/m1/s1. The minimum Gasteiger partial charge on any atom is -0.481 e. The highest BCUT2D eigenvalue weighted by Gasteiger charge is 2.33. The Morgan fingerprint density at radius 2 is 1.48 bits per heavy atom. The van der Waals surface area contributed by atoms with Gasteiger partial charge < -0.3 is 15.3 Å². The van der Waals surface area contributed by atoms with Gasteiger partial charge in [0.2, 0.25) is 5.91 Å². The van der Waals surface area contributed by atoms with E-state index < -0.39 is 17.8 Å². The summed E-state index contributed by atoms with van der Waals surface area (Å²) < 4.78 is 0. The van der Waals surface area contributed by atoms with Crippen molar-refractivity contribution in [1.29, 1.82) is 0 Å². The van der Waals surface area contributed by atoms with Crippen molar-refractivity contribution >= 4 is 23.5 Å². The fraction of sp³-hybridized carbons (Fsp3) is 0.476. The van der Waals surface area contributed by atoms with Gasteiger partial charge in [-0.25, -0.2) is 0 Å². The van der Waals surface area contributed by atoms with Crippen LogP contribution in [0.5, 0.6) is 0 Å². The number of carbonyl (C=O) groups excluding carboxylic acids is 2. The summed E-state index contributed by atoms with van der Waals surface area (Å²) >= 11 is 0. The SMILES string of the molecule is O=C(O)[C@@H]1CC=CC[C@H]1C(=O)Nc1ccc(C(=O)N2CCCCCC2)cc1. The highest BCUT2D eigenvalue weighted by molar-refractivity contribution is 5.97. The lowest BCUT2D eigenvalue weighted by atomic mass is 9.82. The van der Waals surface area contributed by atoms with Gasteiger partial charge in [-0.2, -0.15) is 0 Å². The van der Waals surface area contributed by atoms with E-state index in [0.717, 1.165) is 25.9 Å². The third kappa shape index (κ3) is 4.76. The molecule has 0 unspecified atom stereocenters. The molecule has 6 nitrogen and oxygen atoms in total. The van der Waals surface area contributed by atoms with Crippen LogP contribution in [0, 0.1) is 11.8 Å². The van der Waals surface area contributed by atoms with Crippen molar-refractivity contribution in [3.63, 3.8) is 0 Å². The zero-order valence-electron chi connectivity index (χ0n) is 15.4. The molecule has 1 fully saturated rings. The molecule has 0 radical (unpaired) electrons. The average Bonchev–Trinajstić information content (AvgIpc) is 2.97. The van der Waals surface area contributed by atoms with Gasteiger partial charge in [0.25, 0.3) is 5.91 Å². The van der Waals surface area contributed by atoms with Gasteiger partial charge in [0.15, 0.2) is 0 Å². The predicted octanol–water partition coefficient (Wildman–Crippen LogP) is 3.31. The zero-order valence-corrected chi connectivity index (χ0v) is 15.4. The zero-order chi connectivity index (χ0) is 19.2. The first-order chi connectivity index (χ1) is 13.1. The third-order valence-electron chi connectivity index (χ3n) is 5.38. The first-order valence-electron chi connectivity index (χ1n) is 9.64. The quantitative estimate of drug-likeness (QED) is 0.796. The highest BCUT2D eigenvalue weighted by Crippen LogP contribution is 2.27. The van der Waals surface area contributed by atoms with Gasteiger partial charge in [-0.1, -0.05) is 25.0 Å². The fourth-order valence-corrected chi connectivity index (χ4v) is 3.76. The molecule has 2 amide bonds. The number of hydrogen-bond acceptors (Lipinski definition) is 3. The lowest BCUT2D eigenvalue weighted by Gasteiger charge is -2.24. The smallest absolute Gasteiger partial charge is 0.307 e. The van der Waals surface area contributed by atoms with Gasteiger partial charge in [-0.3, -0.25) is 14.4 Å². The van der Waals surface area contributed by atoms with E-state index in [1.165, 1.54) is 12.8 Å². The molecule has 1 aliphatic heterocycles. The Morgan fingerprint density at radius 1 is 0.889 bits per heavy atom. The summed E-state index contributed by atoms with van der Waals surface area (Å²) in [7, 11) is 0. The second-order valence-electron chi connectivity index (χ2n) is 7.27. The maximum Gasteiger partial charge on any atom is 0.307 e. The van der Waals surface area contributed by atoms with E-state index in [9.17, 15) is 19.5 Å². The first kappa shape index (κ1) is 19.1. The van der Waals surface area contributed by atoms with Crippen molar-refractivity contribution < 1.29 is 19.5 Å². The fourth-order valence-electron chi connectivity index (χ4n) is 3.76. The number of allylic oxidation sites excluding steroid dienone is 2. The number of aliphatic carboxylic acids is 1. The summed E-state index contributed by atoms with van der Waals surface area (Å²) in [4.78, 5) is 38.4. The molecule has 2 N–H and O–H groups in total. The number of hydrogen-bond donors (Lipinski definition) is 2. The van der Waals surface area contributed by atoms with Crippen LogP contribution < -0.4 is 5.32 Å². The molecule has 1 heterocycles. The van der Waals surface area contributed by atoms with Crippen LogP contribution in [0.1, 0.15) is 48.9 Å². The molecule has 2 atom stereocenters. The summed E-state index contributed by atoms with van der Waals surface area (Å²) in [6.45, 7) is 1.59. The normalized spacial score (nSPS) is 22.7. The Bertz CT molecular complexity index is 718. The first-order valence-corrected chi connectivity index (χ1v) is 9.64. The highest BCUT2D eigenvalue weighted by atomic mass is 16.4. The van der Waals surface area contributed by atoms with Gasteiger partial charge in [-0.15, -0.1) is 0 Å². The Hall–Kier alpha value is -2.63. The Kier molecular flexibility index (Phi) is 6.27. The molecular weight excluding hydrogens is 344 g/mol. The van der Waals surface area contributed by atoms with E-state index in [2.05, 4.69) is 5.32 Å².